The van der Waals surface area contributed by atoms with Gasteiger partial charge in [0.15, 0.2) is 0 Å². The van der Waals surface area contributed by atoms with Gasteiger partial charge in [-0.2, -0.15) is 0 Å². The molecule has 0 bridgehead atoms. The highest BCUT2D eigenvalue weighted by molar-refractivity contribution is 6.42. The zero-order valence-corrected chi connectivity index (χ0v) is 12.0. The molecule has 0 saturated carbocycles. The van der Waals surface area contributed by atoms with E-state index < -0.39 is 0 Å². The van der Waals surface area contributed by atoms with Crippen molar-refractivity contribution in [3.8, 4) is 0 Å². The van der Waals surface area contributed by atoms with Crippen LogP contribution in [0.15, 0.2) is 18.2 Å². The van der Waals surface area contributed by atoms with Crippen LogP contribution in [0.5, 0.6) is 0 Å². The minimum Gasteiger partial charge on any atom is -0.316 e. The second kappa shape index (κ2) is 5.01. The van der Waals surface area contributed by atoms with E-state index in [1.807, 2.05) is 12.1 Å². The first-order valence-corrected chi connectivity index (χ1v) is 7.31. The molecule has 2 fully saturated rings. The van der Waals surface area contributed by atoms with Crippen LogP contribution in [0.25, 0.3) is 0 Å². The highest BCUT2D eigenvalue weighted by Crippen LogP contribution is 2.37. The molecule has 1 aromatic carbocycles. The maximum absolute atomic E-state index is 6.32. The van der Waals surface area contributed by atoms with Crippen molar-refractivity contribution < 1.29 is 0 Å². The van der Waals surface area contributed by atoms with E-state index in [0.717, 1.165) is 30.5 Å². The van der Waals surface area contributed by atoms with E-state index in [2.05, 4.69) is 23.2 Å². The van der Waals surface area contributed by atoms with Crippen molar-refractivity contribution in [2.24, 2.45) is 11.8 Å². The first kappa shape index (κ1) is 12.7. The van der Waals surface area contributed by atoms with Gasteiger partial charge in [0.2, 0.25) is 0 Å². The largest absolute Gasteiger partial charge is 0.316 e. The SMILES string of the molecule is CC(c1cccc(Cl)c1Cl)N1C[C@H]2CNC[C@H]2C1. The summed E-state index contributed by atoms with van der Waals surface area (Å²) >= 11 is 12.4. The molecule has 3 atom stereocenters. The summed E-state index contributed by atoms with van der Waals surface area (Å²) in [6.07, 6.45) is 0. The third kappa shape index (κ3) is 2.16. The van der Waals surface area contributed by atoms with E-state index >= 15 is 0 Å². The predicted octanol–water partition coefficient (Wildman–Crippen LogP) is 3.21. The number of hydrogen-bond acceptors (Lipinski definition) is 2. The van der Waals surface area contributed by atoms with Gasteiger partial charge in [-0.1, -0.05) is 35.3 Å². The van der Waals surface area contributed by atoms with Crippen LogP contribution in [0.3, 0.4) is 0 Å². The standard InChI is InChI=1S/C14H18Cl2N2/c1-9(12-3-2-4-13(15)14(12)16)18-7-10-5-17-6-11(10)8-18/h2-4,9-11,17H,5-8H2,1H3/t9?,10-,11+. The van der Waals surface area contributed by atoms with Gasteiger partial charge < -0.3 is 5.32 Å². The van der Waals surface area contributed by atoms with Crippen LogP contribution in [0.1, 0.15) is 18.5 Å². The van der Waals surface area contributed by atoms with Gasteiger partial charge in [-0.25, -0.2) is 0 Å². The molecule has 4 heteroatoms. The highest BCUT2D eigenvalue weighted by atomic mass is 35.5. The van der Waals surface area contributed by atoms with Crippen molar-refractivity contribution in [2.45, 2.75) is 13.0 Å². The van der Waals surface area contributed by atoms with E-state index in [-0.39, 0.29) is 0 Å². The van der Waals surface area contributed by atoms with Crippen molar-refractivity contribution in [2.75, 3.05) is 26.2 Å². The van der Waals surface area contributed by atoms with Crippen LogP contribution in [-0.2, 0) is 0 Å². The third-order valence-corrected chi connectivity index (χ3v) is 5.23. The summed E-state index contributed by atoms with van der Waals surface area (Å²) in [5, 5.41) is 4.83. The Morgan fingerprint density at radius 1 is 1.22 bits per heavy atom. The molecule has 0 radical (unpaired) electrons. The van der Waals surface area contributed by atoms with Crippen LogP contribution >= 0.6 is 23.2 Å². The van der Waals surface area contributed by atoms with Crippen LogP contribution in [0.4, 0.5) is 0 Å². The predicted molar refractivity (Wildman–Crippen MR) is 76.3 cm³/mol. The molecule has 1 aromatic rings. The lowest BCUT2D eigenvalue weighted by Gasteiger charge is -2.26. The molecule has 0 aliphatic carbocycles. The molecule has 0 amide bonds. The van der Waals surface area contributed by atoms with Crippen LogP contribution in [0.2, 0.25) is 10.0 Å². The Morgan fingerprint density at radius 2 is 1.89 bits per heavy atom. The second-order valence-corrected chi connectivity index (χ2v) is 6.24. The van der Waals surface area contributed by atoms with Gasteiger partial charge in [0.25, 0.3) is 0 Å². The number of hydrogen-bond donors (Lipinski definition) is 1. The zero-order chi connectivity index (χ0) is 12.7. The number of fused-ring (bicyclic) bond motifs is 1. The summed E-state index contributed by atoms with van der Waals surface area (Å²) < 4.78 is 0. The molecule has 18 heavy (non-hydrogen) atoms. The summed E-state index contributed by atoms with van der Waals surface area (Å²) in [7, 11) is 0. The normalized spacial score (nSPS) is 29.5. The van der Waals surface area contributed by atoms with E-state index in [1.165, 1.54) is 13.1 Å². The minimum absolute atomic E-state index is 0.349. The first-order chi connectivity index (χ1) is 8.66. The molecule has 2 aliphatic heterocycles. The fourth-order valence-electron chi connectivity index (χ4n) is 3.25. The van der Waals surface area contributed by atoms with Gasteiger partial charge in [-0.3, -0.25) is 4.90 Å². The van der Waals surface area contributed by atoms with Gasteiger partial charge in [0.1, 0.15) is 0 Å². The second-order valence-electron chi connectivity index (χ2n) is 5.45. The molecule has 1 unspecified atom stereocenters. The lowest BCUT2D eigenvalue weighted by atomic mass is 10.0. The van der Waals surface area contributed by atoms with Crippen LogP contribution < -0.4 is 5.32 Å². The van der Waals surface area contributed by atoms with Gasteiger partial charge in [-0.05, 0) is 43.5 Å². The number of nitrogens with one attached hydrogen (secondary N) is 1. The van der Waals surface area contributed by atoms with Crippen molar-refractivity contribution >= 4 is 23.2 Å². The molecule has 2 aliphatic rings. The van der Waals surface area contributed by atoms with Crippen molar-refractivity contribution in [3.05, 3.63) is 33.8 Å². The highest BCUT2D eigenvalue weighted by Gasteiger charge is 2.38. The smallest absolute Gasteiger partial charge is 0.0640 e. The Balaban J connectivity index is 1.79. The van der Waals surface area contributed by atoms with Gasteiger partial charge in [0.05, 0.1) is 10.0 Å². The molecule has 2 heterocycles. The zero-order valence-electron chi connectivity index (χ0n) is 10.5. The maximum atomic E-state index is 6.32. The third-order valence-electron chi connectivity index (χ3n) is 4.40. The summed E-state index contributed by atoms with van der Waals surface area (Å²) in [5.41, 5.74) is 1.15. The summed E-state index contributed by atoms with van der Waals surface area (Å²) in [5.74, 6) is 1.62. The monoisotopic (exact) mass is 284 g/mol. The summed E-state index contributed by atoms with van der Waals surface area (Å²) in [6, 6.07) is 6.27. The number of nitrogens with zero attached hydrogens (tertiary/aromatic N) is 1. The van der Waals surface area contributed by atoms with Gasteiger partial charge in [0, 0.05) is 19.1 Å². The Kier molecular flexibility index (Phi) is 3.55. The van der Waals surface area contributed by atoms with E-state index in [1.54, 1.807) is 0 Å². The van der Waals surface area contributed by atoms with Gasteiger partial charge >= 0.3 is 0 Å². The lowest BCUT2D eigenvalue weighted by molar-refractivity contribution is 0.244. The Hall–Kier alpha value is -0.280. The van der Waals surface area contributed by atoms with Crippen molar-refractivity contribution in [3.63, 3.8) is 0 Å². The minimum atomic E-state index is 0.349. The average molecular weight is 285 g/mol. The Bertz CT molecular complexity index is 437. The quantitative estimate of drug-likeness (QED) is 0.897. The lowest BCUT2D eigenvalue weighted by Crippen LogP contribution is -2.28. The van der Waals surface area contributed by atoms with Gasteiger partial charge in [-0.15, -0.1) is 0 Å². The number of benzene rings is 1. The number of halogens is 2. The van der Waals surface area contributed by atoms with E-state index in [0.29, 0.717) is 16.1 Å². The average Bonchev–Trinajstić information content (AvgIpc) is 2.92. The molecule has 3 rings (SSSR count). The molecular weight excluding hydrogens is 267 g/mol. The molecular formula is C14H18Cl2N2. The molecule has 0 spiro atoms. The molecule has 0 aromatic heterocycles. The number of rotatable bonds is 2. The summed E-state index contributed by atoms with van der Waals surface area (Å²) in [6.45, 7) is 6.89. The Morgan fingerprint density at radius 3 is 2.56 bits per heavy atom. The summed E-state index contributed by atoms with van der Waals surface area (Å²) in [4.78, 5) is 2.54. The number of likely N-dealkylation sites (tertiary alicyclic amines) is 1. The van der Waals surface area contributed by atoms with Crippen molar-refractivity contribution in [1.82, 2.24) is 10.2 Å². The van der Waals surface area contributed by atoms with E-state index in [4.69, 9.17) is 23.2 Å². The van der Waals surface area contributed by atoms with Crippen LogP contribution in [-0.4, -0.2) is 31.1 Å². The van der Waals surface area contributed by atoms with Crippen LogP contribution in [0, 0.1) is 11.8 Å². The maximum Gasteiger partial charge on any atom is 0.0640 e. The Labute approximate surface area is 118 Å². The molecule has 1 N–H and O–H groups in total. The molecule has 2 saturated heterocycles. The molecule has 2 nitrogen and oxygen atoms in total. The topological polar surface area (TPSA) is 15.3 Å². The fraction of sp³-hybridized carbons (Fsp3) is 0.571. The van der Waals surface area contributed by atoms with E-state index in [9.17, 15) is 0 Å². The molecule has 98 valence electrons. The first-order valence-electron chi connectivity index (χ1n) is 6.55. The van der Waals surface area contributed by atoms with Crippen molar-refractivity contribution in [1.29, 1.82) is 0 Å². The fourth-order valence-corrected chi connectivity index (χ4v) is 3.71.